The van der Waals surface area contributed by atoms with Gasteiger partial charge in [-0.2, -0.15) is 0 Å². The first-order chi connectivity index (χ1) is 8.84. The number of hydrogen-bond acceptors (Lipinski definition) is 2. The maximum atomic E-state index is 12.3. The van der Waals surface area contributed by atoms with Crippen molar-refractivity contribution in [3.8, 4) is 0 Å². The van der Waals surface area contributed by atoms with E-state index in [-0.39, 0.29) is 5.91 Å². The zero-order chi connectivity index (χ0) is 12.4. The van der Waals surface area contributed by atoms with Gasteiger partial charge >= 0.3 is 0 Å². The summed E-state index contributed by atoms with van der Waals surface area (Å²) in [6, 6.07) is 9.66. The number of nitrogens with zero attached hydrogens (tertiary/aromatic N) is 2. The monoisotopic (exact) mass is 239 g/mol. The molecule has 2 aromatic rings. The van der Waals surface area contributed by atoms with Crippen molar-refractivity contribution >= 4 is 16.8 Å². The molecule has 0 unspecified atom stereocenters. The summed E-state index contributed by atoms with van der Waals surface area (Å²) in [6.45, 7) is 1.66. The Balaban J connectivity index is 1.91. The molecular formula is C15H15N2O. The quantitative estimate of drug-likeness (QED) is 0.766. The van der Waals surface area contributed by atoms with Crippen LogP contribution in [0.25, 0.3) is 10.9 Å². The SMILES string of the molecule is O=C(c1ccc2cccnc2c1)N1CC[CH]CC1. The highest BCUT2D eigenvalue weighted by molar-refractivity contribution is 5.97. The minimum Gasteiger partial charge on any atom is -0.339 e. The number of rotatable bonds is 1. The summed E-state index contributed by atoms with van der Waals surface area (Å²) in [5.41, 5.74) is 1.62. The molecule has 18 heavy (non-hydrogen) atoms. The Morgan fingerprint density at radius 3 is 2.83 bits per heavy atom. The van der Waals surface area contributed by atoms with Gasteiger partial charge in [0.2, 0.25) is 0 Å². The molecular weight excluding hydrogens is 224 g/mol. The van der Waals surface area contributed by atoms with Gasteiger partial charge in [0.15, 0.2) is 0 Å². The van der Waals surface area contributed by atoms with Crippen LogP contribution in [0, 0.1) is 6.42 Å². The van der Waals surface area contributed by atoms with Gasteiger partial charge < -0.3 is 4.90 Å². The Morgan fingerprint density at radius 2 is 2.00 bits per heavy atom. The fraction of sp³-hybridized carbons (Fsp3) is 0.267. The molecule has 2 heterocycles. The summed E-state index contributed by atoms with van der Waals surface area (Å²) in [5, 5.41) is 1.07. The van der Waals surface area contributed by atoms with E-state index in [1.807, 2.05) is 35.2 Å². The van der Waals surface area contributed by atoms with Crippen LogP contribution in [-0.2, 0) is 0 Å². The second-order valence-electron chi connectivity index (χ2n) is 4.57. The first-order valence-electron chi connectivity index (χ1n) is 6.30. The number of carbonyl (C=O) groups is 1. The largest absolute Gasteiger partial charge is 0.339 e. The van der Waals surface area contributed by atoms with Gasteiger partial charge in [-0.15, -0.1) is 0 Å². The Labute approximate surface area is 106 Å². The molecule has 1 saturated heterocycles. The van der Waals surface area contributed by atoms with Crippen molar-refractivity contribution in [1.82, 2.24) is 9.88 Å². The molecule has 0 spiro atoms. The maximum Gasteiger partial charge on any atom is 0.253 e. The summed E-state index contributed by atoms with van der Waals surface area (Å²) < 4.78 is 0. The molecule has 0 N–H and O–H groups in total. The first kappa shape index (κ1) is 11.2. The number of hydrogen-bond donors (Lipinski definition) is 0. The molecule has 1 radical (unpaired) electrons. The van der Waals surface area contributed by atoms with Crippen molar-refractivity contribution in [2.75, 3.05) is 13.1 Å². The van der Waals surface area contributed by atoms with Gasteiger partial charge in [0.05, 0.1) is 5.52 Å². The van der Waals surface area contributed by atoms with Gasteiger partial charge in [-0.3, -0.25) is 9.78 Å². The van der Waals surface area contributed by atoms with E-state index >= 15 is 0 Å². The summed E-state index contributed by atoms with van der Waals surface area (Å²) >= 11 is 0. The van der Waals surface area contributed by atoms with E-state index in [1.165, 1.54) is 0 Å². The van der Waals surface area contributed by atoms with Gasteiger partial charge in [-0.1, -0.05) is 12.1 Å². The Bertz CT molecular complexity index is 573. The lowest BCUT2D eigenvalue weighted by Crippen LogP contribution is -2.35. The molecule has 0 bridgehead atoms. The second-order valence-corrected chi connectivity index (χ2v) is 4.57. The van der Waals surface area contributed by atoms with E-state index in [9.17, 15) is 4.79 Å². The van der Waals surface area contributed by atoms with Crippen LogP contribution in [0.2, 0.25) is 0 Å². The molecule has 1 fully saturated rings. The van der Waals surface area contributed by atoms with Gasteiger partial charge in [-0.25, -0.2) is 0 Å². The predicted octanol–water partition coefficient (Wildman–Crippen LogP) is 2.68. The van der Waals surface area contributed by atoms with Crippen molar-refractivity contribution < 1.29 is 4.79 Å². The number of pyridine rings is 1. The van der Waals surface area contributed by atoms with Crippen LogP contribution < -0.4 is 0 Å². The lowest BCUT2D eigenvalue weighted by molar-refractivity contribution is 0.0742. The number of fused-ring (bicyclic) bond motifs is 1. The minimum absolute atomic E-state index is 0.121. The average Bonchev–Trinajstić information content (AvgIpc) is 2.47. The molecule has 0 atom stereocenters. The topological polar surface area (TPSA) is 33.2 Å². The van der Waals surface area contributed by atoms with Crippen molar-refractivity contribution in [3.05, 3.63) is 48.5 Å². The summed E-state index contributed by atoms with van der Waals surface area (Å²) in [7, 11) is 0. The highest BCUT2D eigenvalue weighted by Gasteiger charge is 2.18. The minimum atomic E-state index is 0.121. The number of likely N-dealkylation sites (tertiary alicyclic amines) is 1. The smallest absolute Gasteiger partial charge is 0.253 e. The fourth-order valence-corrected chi connectivity index (χ4v) is 2.34. The molecule has 1 aliphatic heterocycles. The third-order valence-electron chi connectivity index (χ3n) is 3.35. The molecule has 3 heteroatoms. The summed E-state index contributed by atoms with van der Waals surface area (Å²) in [4.78, 5) is 18.5. The van der Waals surface area contributed by atoms with Crippen LogP contribution in [0.4, 0.5) is 0 Å². The second kappa shape index (κ2) is 4.77. The molecule has 1 aromatic heterocycles. The van der Waals surface area contributed by atoms with Crippen molar-refractivity contribution in [2.45, 2.75) is 12.8 Å². The Hall–Kier alpha value is -1.90. The molecule has 3 nitrogen and oxygen atoms in total. The fourth-order valence-electron chi connectivity index (χ4n) is 2.34. The van der Waals surface area contributed by atoms with Crippen LogP contribution >= 0.6 is 0 Å². The van der Waals surface area contributed by atoms with E-state index < -0.39 is 0 Å². The summed E-state index contributed by atoms with van der Waals surface area (Å²) in [5.74, 6) is 0.121. The zero-order valence-electron chi connectivity index (χ0n) is 10.2. The molecule has 3 rings (SSSR count). The highest BCUT2D eigenvalue weighted by atomic mass is 16.2. The highest BCUT2D eigenvalue weighted by Crippen LogP contribution is 2.17. The number of benzene rings is 1. The molecule has 91 valence electrons. The van der Waals surface area contributed by atoms with Crippen molar-refractivity contribution in [1.29, 1.82) is 0 Å². The van der Waals surface area contributed by atoms with Crippen molar-refractivity contribution in [3.63, 3.8) is 0 Å². The third kappa shape index (κ3) is 2.08. The van der Waals surface area contributed by atoms with Crippen LogP contribution in [-0.4, -0.2) is 28.9 Å². The van der Waals surface area contributed by atoms with E-state index in [1.54, 1.807) is 6.20 Å². The molecule has 0 aliphatic carbocycles. The van der Waals surface area contributed by atoms with Gasteiger partial charge in [0.1, 0.15) is 0 Å². The van der Waals surface area contributed by atoms with Crippen LogP contribution in [0.1, 0.15) is 23.2 Å². The Morgan fingerprint density at radius 1 is 1.17 bits per heavy atom. The zero-order valence-corrected chi connectivity index (χ0v) is 10.2. The molecule has 0 saturated carbocycles. The average molecular weight is 239 g/mol. The number of aromatic nitrogens is 1. The number of carbonyl (C=O) groups excluding carboxylic acids is 1. The van der Waals surface area contributed by atoms with Crippen LogP contribution in [0.5, 0.6) is 0 Å². The normalized spacial score (nSPS) is 15.9. The van der Waals surface area contributed by atoms with Gasteiger partial charge in [0.25, 0.3) is 5.91 Å². The standard InChI is InChI=1S/C15H15N2O/c18-15(17-9-2-1-3-10-17)13-7-6-12-5-4-8-16-14(12)11-13/h1,4-8,11H,2-3,9-10H2. The van der Waals surface area contributed by atoms with Gasteiger partial charge in [0, 0.05) is 30.2 Å². The number of amides is 1. The third-order valence-corrected chi connectivity index (χ3v) is 3.35. The molecule has 1 amide bonds. The van der Waals surface area contributed by atoms with Crippen LogP contribution in [0.15, 0.2) is 36.5 Å². The molecule has 1 aromatic carbocycles. The lowest BCUT2D eigenvalue weighted by atomic mass is 10.1. The van der Waals surface area contributed by atoms with E-state index in [0.29, 0.717) is 0 Å². The van der Waals surface area contributed by atoms with Crippen LogP contribution in [0.3, 0.4) is 0 Å². The maximum absolute atomic E-state index is 12.3. The Kier molecular flexibility index (Phi) is 2.97. The first-order valence-corrected chi connectivity index (χ1v) is 6.30. The van der Waals surface area contributed by atoms with E-state index in [2.05, 4.69) is 11.4 Å². The van der Waals surface area contributed by atoms with E-state index in [4.69, 9.17) is 0 Å². The van der Waals surface area contributed by atoms with Crippen molar-refractivity contribution in [2.24, 2.45) is 0 Å². The number of piperidine rings is 1. The van der Waals surface area contributed by atoms with Gasteiger partial charge in [-0.05, 0) is 37.5 Å². The lowest BCUT2D eigenvalue weighted by Gasteiger charge is -2.26. The molecule has 1 aliphatic rings. The van der Waals surface area contributed by atoms with E-state index in [0.717, 1.165) is 42.4 Å². The predicted molar refractivity (Wildman–Crippen MR) is 71.2 cm³/mol. The summed E-state index contributed by atoms with van der Waals surface area (Å²) in [6.07, 6.45) is 5.99.